The van der Waals surface area contributed by atoms with E-state index in [0.29, 0.717) is 11.3 Å². The van der Waals surface area contributed by atoms with Crippen molar-refractivity contribution in [1.82, 2.24) is 0 Å². The Morgan fingerprint density at radius 2 is 2.07 bits per heavy atom. The predicted octanol–water partition coefficient (Wildman–Crippen LogP) is 1.69. The summed E-state index contributed by atoms with van der Waals surface area (Å²) in [4.78, 5) is 21.1. The van der Waals surface area contributed by atoms with Crippen molar-refractivity contribution >= 4 is 17.2 Å². The molecule has 0 radical (unpaired) electrons. The Balaban J connectivity index is 3.46. The molecule has 5 heteroatoms. The van der Waals surface area contributed by atoms with Crippen molar-refractivity contribution in [1.29, 1.82) is 0 Å². The van der Waals surface area contributed by atoms with Crippen LogP contribution >= 0.6 is 0 Å². The van der Waals surface area contributed by atoms with Gasteiger partial charge in [-0.3, -0.25) is 14.9 Å². The first-order chi connectivity index (χ1) is 6.43. The van der Waals surface area contributed by atoms with Crippen molar-refractivity contribution in [3.05, 3.63) is 33.4 Å². The summed E-state index contributed by atoms with van der Waals surface area (Å²) >= 11 is 0. The number of nitrogens with two attached hydrogens (primary N) is 1. The number of nitrogens with zero attached hydrogens (tertiary/aromatic N) is 1. The van der Waals surface area contributed by atoms with Crippen LogP contribution in [-0.4, -0.2) is 10.7 Å². The Bertz CT molecular complexity index is 374. The monoisotopic (exact) mass is 194 g/mol. The molecule has 0 saturated carbocycles. The Hall–Kier alpha value is -1.91. The van der Waals surface area contributed by atoms with E-state index in [1.165, 1.54) is 19.1 Å². The fourth-order valence-electron chi connectivity index (χ4n) is 1.15. The van der Waals surface area contributed by atoms with Crippen LogP contribution in [0.4, 0.5) is 11.4 Å². The highest BCUT2D eigenvalue weighted by Crippen LogP contribution is 2.25. The minimum atomic E-state index is -0.605. The van der Waals surface area contributed by atoms with Gasteiger partial charge in [0.15, 0.2) is 5.78 Å². The molecule has 1 aromatic rings. The summed E-state index contributed by atoms with van der Waals surface area (Å²) in [5.74, 6) is -0.334. The van der Waals surface area contributed by atoms with E-state index < -0.39 is 4.92 Å². The fraction of sp³-hybridized carbons (Fsp3) is 0.222. The Kier molecular flexibility index (Phi) is 2.51. The number of aryl methyl sites for hydroxylation is 1. The zero-order valence-electron chi connectivity index (χ0n) is 7.90. The summed E-state index contributed by atoms with van der Waals surface area (Å²) < 4.78 is 0. The molecular weight excluding hydrogens is 184 g/mol. The quantitative estimate of drug-likeness (QED) is 0.336. The van der Waals surface area contributed by atoms with Gasteiger partial charge < -0.3 is 5.73 Å². The van der Waals surface area contributed by atoms with E-state index in [1.54, 1.807) is 6.92 Å². The topological polar surface area (TPSA) is 86.2 Å². The van der Waals surface area contributed by atoms with Crippen molar-refractivity contribution in [3.8, 4) is 0 Å². The molecule has 0 bridgehead atoms. The number of carbonyl (C=O) groups excluding carboxylic acids is 1. The summed E-state index contributed by atoms with van der Waals surface area (Å²) in [5.41, 5.74) is 6.36. The van der Waals surface area contributed by atoms with Gasteiger partial charge in [0.25, 0.3) is 5.69 Å². The van der Waals surface area contributed by atoms with Gasteiger partial charge in [0, 0.05) is 11.8 Å². The molecule has 0 aliphatic carbocycles. The molecule has 0 saturated heterocycles. The number of anilines is 1. The normalized spacial score (nSPS) is 9.86. The molecule has 0 atom stereocenters. The van der Waals surface area contributed by atoms with E-state index in [1.807, 2.05) is 0 Å². The Morgan fingerprint density at radius 3 is 2.50 bits per heavy atom. The van der Waals surface area contributed by atoms with Gasteiger partial charge in [-0.1, -0.05) is 0 Å². The predicted molar refractivity (Wildman–Crippen MR) is 52.3 cm³/mol. The van der Waals surface area contributed by atoms with E-state index in [-0.39, 0.29) is 17.0 Å². The van der Waals surface area contributed by atoms with E-state index in [4.69, 9.17) is 5.73 Å². The molecule has 2 N–H and O–H groups in total. The van der Waals surface area contributed by atoms with Crippen LogP contribution in [0.25, 0.3) is 0 Å². The first-order valence-corrected chi connectivity index (χ1v) is 3.99. The first-order valence-electron chi connectivity index (χ1n) is 3.99. The SMILES string of the molecule is CC(=O)c1cc(C)c(N)cc1[N+](=O)[O-]. The van der Waals surface area contributed by atoms with Crippen molar-refractivity contribution < 1.29 is 9.72 Å². The second-order valence-corrected chi connectivity index (χ2v) is 3.04. The molecule has 1 aromatic carbocycles. The molecule has 0 heterocycles. The van der Waals surface area contributed by atoms with E-state index in [9.17, 15) is 14.9 Å². The lowest BCUT2D eigenvalue weighted by molar-refractivity contribution is -0.385. The minimum Gasteiger partial charge on any atom is -0.398 e. The maximum atomic E-state index is 11.1. The molecule has 1 rings (SSSR count). The number of carbonyl (C=O) groups is 1. The number of benzene rings is 1. The number of hydrogen-bond acceptors (Lipinski definition) is 4. The summed E-state index contributed by atoms with van der Waals surface area (Å²) in [6.45, 7) is 2.99. The van der Waals surface area contributed by atoms with Gasteiger partial charge in [0.05, 0.1) is 10.5 Å². The third-order valence-corrected chi connectivity index (χ3v) is 1.96. The first kappa shape index (κ1) is 10.2. The third-order valence-electron chi connectivity index (χ3n) is 1.96. The van der Waals surface area contributed by atoms with Crippen LogP contribution in [0.2, 0.25) is 0 Å². The number of ketones is 1. The van der Waals surface area contributed by atoms with Gasteiger partial charge in [0.2, 0.25) is 0 Å². The van der Waals surface area contributed by atoms with Crippen LogP contribution in [0.5, 0.6) is 0 Å². The van der Waals surface area contributed by atoms with E-state index in [2.05, 4.69) is 0 Å². The number of Topliss-reactive ketones (excluding diaryl/α,β-unsaturated/α-hetero) is 1. The second kappa shape index (κ2) is 3.45. The number of hydrogen-bond donors (Lipinski definition) is 1. The molecule has 0 fully saturated rings. The fourth-order valence-corrected chi connectivity index (χ4v) is 1.15. The second-order valence-electron chi connectivity index (χ2n) is 3.04. The Morgan fingerprint density at radius 1 is 1.50 bits per heavy atom. The lowest BCUT2D eigenvalue weighted by Gasteiger charge is -2.03. The third kappa shape index (κ3) is 1.71. The smallest absolute Gasteiger partial charge is 0.282 e. The highest BCUT2D eigenvalue weighted by atomic mass is 16.6. The van der Waals surface area contributed by atoms with Crippen molar-refractivity contribution in [2.75, 3.05) is 5.73 Å². The molecule has 0 aliphatic rings. The molecule has 14 heavy (non-hydrogen) atoms. The Labute approximate surface area is 80.7 Å². The molecule has 5 nitrogen and oxygen atoms in total. The van der Waals surface area contributed by atoms with Crippen LogP contribution in [0.15, 0.2) is 12.1 Å². The van der Waals surface area contributed by atoms with Gasteiger partial charge in [-0.2, -0.15) is 0 Å². The van der Waals surface area contributed by atoms with Crippen molar-refractivity contribution in [2.24, 2.45) is 0 Å². The molecule has 0 aliphatic heterocycles. The largest absolute Gasteiger partial charge is 0.398 e. The summed E-state index contributed by atoms with van der Waals surface area (Å²) in [6, 6.07) is 2.65. The number of nitrogen functional groups attached to an aromatic ring is 1. The average molecular weight is 194 g/mol. The molecule has 0 amide bonds. The number of nitro groups is 1. The molecule has 0 unspecified atom stereocenters. The van der Waals surface area contributed by atoms with Gasteiger partial charge in [-0.05, 0) is 25.5 Å². The highest BCUT2D eigenvalue weighted by Gasteiger charge is 2.18. The maximum absolute atomic E-state index is 11.1. The molecular formula is C9H10N2O3. The van der Waals surface area contributed by atoms with Crippen molar-refractivity contribution in [3.63, 3.8) is 0 Å². The van der Waals surface area contributed by atoms with Crippen LogP contribution in [-0.2, 0) is 0 Å². The molecule has 0 spiro atoms. The van der Waals surface area contributed by atoms with E-state index >= 15 is 0 Å². The lowest BCUT2D eigenvalue weighted by Crippen LogP contribution is -2.03. The molecule has 74 valence electrons. The highest BCUT2D eigenvalue weighted by molar-refractivity contribution is 5.98. The van der Waals surface area contributed by atoms with Gasteiger partial charge in [0.1, 0.15) is 0 Å². The minimum absolute atomic E-state index is 0.0988. The van der Waals surface area contributed by atoms with Crippen LogP contribution in [0, 0.1) is 17.0 Å². The zero-order valence-corrected chi connectivity index (χ0v) is 7.90. The lowest BCUT2D eigenvalue weighted by atomic mass is 10.0. The standard InChI is InChI=1S/C9H10N2O3/c1-5-3-7(6(2)12)9(11(13)14)4-8(5)10/h3-4H,10H2,1-2H3. The molecule has 0 aromatic heterocycles. The number of nitro benzene ring substituents is 1. The van der Waals surface area contributed by atoms with Crippen LogP contribution in [0.3, 0.4) is 0 Å². The summed E-state index contributed by atoms with van der Waals surface area (Å²) in [6.07, 6.45) is 0. The van der Waals surface area contributed by atoms with Crippen LogP contribution < -0.4 is 5.73 Å². The van der Waals surface area contributed by atoms with Crippen molar-refractivity contribution in [2.45, 2.75) is 13.8 Å². The van der Waals surface area contributed by atoms with Gasteiger partial charge >= 0.3 is 0 Å². The van der Waals surface area contributed by atoms with E-state index in [0.717, 1.165) is 0 Å². The summed E-state index contributed by atoms with van der Waals surface area (Å²) in [7, 11) is 0. The maximum Gasteiger partial charge on any atom is 0.282 e. The number of rotatable bonds is 2. The van der Waals surface area contributed by atoms with Gasteiger partial charge in [-0.25, -0.2) is 0 Å². The van der Waals surface area contributed by atoms with Crippen LogP contribution in [0.1, 0.15) is 22.8 Å². The van der Waals surface area contributed by atoms with Gasteiger partial charge in [-0.15, -0.1) is 0 Å². The summed E-state index contributed by atoms with van der Waals surface area (Å²) in [5, 5.41) is 10.6. The zero-order chi connectivity index (χ0) is 10.9. The average Bonchev–Trinajstić information content (AvgIpc) is 2.08.